The second-order valence-corrected chi connectivity index (χ2v) is 8.97. The summed E-state index contributed by atoms with van der Waals surface area (Å²) in [7, 11) is 0. The predicted octanol–water partition coefficient (Wildman–Crippen LogP) is 5.29. The number of Topliss-reactive ketones (excluding diaryl/α,β-unsaturated/α-hetero) is 1. The molecule has 150 valence electrons. The predicted molar refractivity (Wildman–Crippen MR) is 118 cm³/mol. The van der Waals surface area contributed by atoms with E-state index in [4.69, 9.17) is 11.6 Å². The van der Waals surface area contributed by atoms with Gasteiger partial charge in [-0.25, -0.2) is 9.50 Å². The van der Waals surface area contributed by atoms with Gasteiger partial charge in [0.25, 0.3) is 5.78 Å². The first-order valence-corrected chi connectivity index (χ1v) is 11.1. The highest BCUT2D eigenvalue weighted by molar-refractivity contribution is 7.98. The standard InChI is InChI=1S/C23H19ClN4OS/c1-14-2-4-15(5-3-14)13-30-23-26-22-25-20-10-17(16-6-8-18(24)9-7-16)11-21(29)19(20)12-28(22)27-23/h2-9,12,17H,10-11,13H2,1H3/t17-/m1/s1. The van der Waals surface area contributed by atoms with Crippen LogP contribution in [0.3, 0.4) is 0 Å². The Bertz CT molecular complexity index is 1230. The van der Waals surface area contributed by atoms with Crippen molar-refractivity contribution in [3.05, 3.63) is 87.7 Å². The molecule has 0 saturated carbocycles. The van der Waals surface area contributed by atoms with Crippen molar-refractivity contribution < 1.29 is 4.79 Å². The lowest BCUT2D eigenvalue weighted by atomic mass is 9.82. The van der Waals surface area contributed by atoms with Crippen molar-refractivity contribution in [2.75, 3.05) is 0 Å². The van der Waals surface area contributed by atoms with E-state index in [-0.39, 0.29) is 11.7 Å². The zero-order valence-electron chi connectivity index (χ0n) is 16.4. The van der Waals surface area contributed by atoms with E-state index in [9.17, 15) is 4.79 Å². The van der Waals surface area contributed by atoms with E-state index in [1.165, 1.54) is 11.1 Å². The number of ketones is 1. The van der Waals surface area contributed by atoms with Crippen LogP contribution >= 0.6 is 23.4 Å². The van der Waals surface area contributed by atoms with Crippen molar-refractivity contribution >= 4 is 34.9 Å². The van der Waals surface area contributed by atoms with Crippen LogP contribution in [-0.2, 0) is 12.2 Å². The highest BCUT2D eigenvalue weighted by atomic mass is 35.5. The molecule has 0 amide bonds. The van der Waals surface area contributed by atoms with Gasteiger partial charge in [-0.15, -0.1) is 5.10 Å². The average Bonchev–Trinajstić information content (AvgIpc) is 3.14. The van der Waals surface area contributed by atoms with Crippen LogP contribution in [0, 0.1) is 6.92 Å². The number of halogens is 1. The summed E-state index contributed by atoms with van der Waals surface area (Å²) in [5.74, 6) is 1.52. The quantitative estimate of drug-likeness (QED) is 0.408. The lowest BCUT2D eigenvalue weighted by Gasteiger charge is -2.23. The van der Waals surface area contributed by atoms with Crippen LogP contribution in [0.1, 0.15) is 45.1 Å². The number of carbonyl (C=O) groups excluding carboxylic acids is 1. The summed E-state index contributed by atoms with van der Waals surface area (Å²) >= 11 is 7.57. The van der Waals surface area contributed by atoms with Crippen molar-refractivity contribution in [3.63, 3.8) is 0 Å². The van der Waals surface area contributed by atoms with Crippen LogP contribution in [0.4, 0.5) is 0 Å². The number of fused-ring (bicyclic) bond motifs is 2. The topological polar surface area (TPSA) is 60.1 Å². The minimum Gasteiger partial charge on any atom is -0.294 e. The number of rotatable bonds is 4. The molecule has 1 aliphatic rings. The zero-order valence-corrected chi connectivity index (χ0v) is 18.0. The molecule has 0 bridgehead atoms. The van der Waals surface area contributed by atoms with Crippen LogP contribution < -0.4 is 0 Å². The molecule has 0 spiro atoms. The smallest absolute Gasteiger partial charge is 0.253 e. The Kier molecular flexibility index (Phi) is 5.05. The van der Waals surface area contributed by atoms with Gasteiger partial charge in [0.1, 0.15) is 0 Å². The molecule has 2 aromatic carbocycles. The summed E-state index contributed by atoms with van der Waals surface area (Å²) in [5, 5.41) is 5.87. The van der Waals surface area contributed by atoms with Gasteiger partial charge in [0, 0.05) is 23.4 Å². The molecule has 4 aromatic rings. The molecule has 0 N–H and O–H groups in total. The summed E-state index contributed by atoms with van der Waals surface area (Å²) in [6.45, 7) is 2.08. The maximum atomic E-state index is 12.8. The molecule has 30 heavy (non-hydrogen) atoms. The first-order valence-electron chi connectivity index (χ1n) is 9.78. The Labute approximate surface area is 183 Å². The van der Waals surface area contributed by atoms with Crippen molar-refractivity contribution in [3.8, 4) is 0 Å². The number of benzene rings is 2. The Morgan fingerprint density at radius 3 is 2.60 bits per heavy atom. The molecule has 7 heteroatoms. The molecule has 0 unspecified atom stereocenters. The first-order chi connectivity index (χ1) is 14.5. The summed E-state index contributed by atoms with van der Waals surface area (Å²) in [6.07, 6.45) is 2.95. The van der Waals surface area contributed by atoms with E-state index in [1.54, 1.807) is 22.5 Å². The highest BCUT2D eigenvalue weighted by Crippen LogP contribution is 2.32. The Hall–Kier alpha value is -2.70. The fourth-order valence-corrected chi connectivity index (χ4v) is 4.63. The SMILES string of the molecule is Cc1ccc(CSc2nc3nc4c(cn3n2)C(=O)C[C@H](c2ccc(Cl)cc2)C4)cc1. The zero-order chi connectivity index (χ0) is 20.7. The lowest BCUT2D eigenvalue weighted by molar-refractivity contribution is 0.0962. The monoisotopic (exact) mass is 434 g/mol. The van der Waals surface area contributed by atoms with Gasteiger partial charge in [-0.2, -0.15) is 4.98 Å². The third-order valence-corrected chi connectivity index (χ3v) is 6.55. The first kappa shape index (κ1) is 19.3. The number of carbonyl (C=O) groups is 1. The second kappa shape index (κ2) is 7.85. The van der Waals surface area contributed by atoms with Gasteiger partial charge in [-0.1, -0.05) is 65.3 Å². The minimum absolute atomic E-state index is 0.0926. The van der Waals surface area contributed by atoms with Crippen LogP contribution in [0.2, 0.25) is 5.02 Å². The maximum Gasteiger partial charge on any atom is 0.253 e. The molecule has 5 rings (SSSR count). The Morgan fingerprint density at radius 1 is 1.07 bits per heavy atom. The van der Waals surface area contributed by atoms with Gasteiger partial charge in [-0.05, 0) is 42.5 Å². The van der Waals surface area contributed by atoms with Crippen LogP contribution in [0.5, 0.6) is 0 Å². The van der Waals surface area contributed by atoms with Gasteiger partial charge in [0.15, 0.2) is 5.78 Å². The molecular formula is C23H19ClN4OS. The molecule has 5 nitrogen and oxygen atoms in total. The number of aromatic nitrogens is 4. The summed E-state index contributed by atoms with van der Waals surface area (Å²) < 4.78 is 1.62. The van der Waals surface area contributed by atoms with E-state index in [0.29, 0.717) is 34.4 Å². The Morgan fingerprint density at radius 2 is 1.83 bits per heavy atom. The summed E-state index contributed by atoms with van der Waals surface area (Å²) in [5.41, 5.74) is 5.01. The highest BCUT2D eigenvalue weighted by Gasteiger charge is 2.28. The van der Waals surface area contributed by atoms with Gasteiger partial charge in [-0.3, -0.25) is 4.79 Å². The molecule has 2 heterocycles. The molecule has 2 aromatic heterocycles. The van der Waals surface area contributed by atoms with Crippen LogP contribution in [-0.4, -0.2) is 25.4 Å². The second-order valence-electron chi connectivity index (χ2n) is 7.59. The third kappa shape index (κ3) is 3.85. The average molecular weight is 435 g/mol. The van der Waals surface area contributed by atoms with Crippen molar-refractivity contribution in [2.24, 2.45) is 0 Å². The van der Waals surface area contributed by atoms with E-state index in [0.717, 1.165) is 17.0 Å². The molecule has 0 aliphatic heterocycles. The molecule has 0 fully saturated rings. The molecule has 0 saturated heterocycles. The Balaban J connectivity index is 1.39. The van der Waals surface area contributed by atoms with Crippen molar-refractivity contribution in [1.82, 2.24) is 19.6 Å². The molecule has 1 aliphatic carbocycles. The molecule has 0 radical (unpaired) electrons. The van der Waals surface area contributed by atoms with Gasteiger partial charge >= 0.3 is 0 Å². The number of hydrogen-bond donors (Lipinski definition) is 0. The third-order valence-electron chi connectivity index (χ3n) is 5.39. The van der Waals surface area contributed by atoms with Crippen molar-refractivity contribution in [1.29, 1.82) is 0 Å². The van der Waals surface area contributed by atoms with E-state index < -0.39 is 0 Å². The number of aryl methyl sites for hydroxylation is 1. The van der Waals surface area contributed by atoms with E-state index >= 15 is 0 Å². The van der Waals surface area contributed by atoms with E-state index in [2.05, 4.69) is 46.3 Å². The normalized spacial score (nSPS) is 16.1. The fourth-order valence-electron chi connectivity index (χ4n) is 3.73. The number of nitrogens with zero attached hydrogens (tertiary/aromatic N) is 4. The van der Waals surface area contributed by atoms with Crippen LogP contribution in [0.25, 0.3) is 5.78 Å². The van der Waals surface area contributed by atoms with Gasteiger partial charge < -0.3 is 0 Å². The summed E-state index contributed by atoms with van der Waals surface area (Å²) in [4.78, 5) is 22.0. The number of thioether (sulfide) groups is 1. The van der Waals surface area contributed by atoms with E-state index in [1.807, 2.05) is 24.3 Å². The van der Waals surface area contributed by atoms with Gasteiger partial charge in [0.2, 0.25) is 5.16 Å². The fraction of sp³-hybridized carbons (Fsp3) is 0.217. The summed E-state index contributed by atoms with van der Waals surface area (Å²) in [6, 6.07) is 16.1. The maximum absolute atomic E-state index is 12.8. The van der Waals surface area contributed by atoms with Crippen LogP contribution in [0.15, 0.2) is 59.9 Å². The molecule has 1 atom stereocenters. The van der Waals surface area contributed by atoms with Gasteiger partial charge in [0.05, 0.1) is 11.3 Å². The largest absolute Gasteiger partial charge is 0.294 e. The molecular weight excluding hydrogens is 416 g/mol. The minimum atomic E-state index is 0.0926. The lowest BCUT2D eigenvalue weighted by Crippen LogP contribution is -2.21. The van der Waals surface area contributed by atoms with Crippen molar-refractivity contribution in [2.45, 2.75) is 36.6 Å². The number of hydrogen-bond acceptors (Lipinski definition) is 5.